The lowest BCUT2D eigenvalue weighted by Gasteiger charge is -2.31. The number of carbonyl (C=O) groups excluding carboxylic acids is 2. The van der Waals surface area contributed by atoms with Crippen molar-refractivity contribution in [3.05, 3.63) is 35.9 Å². The fourth-order valence-electron chi connectivity index (χ4n) is 4.52. The van der Waals surface area contributed by atoms with Gasteiger partial charge in [-0.2, -0.15) is 0 Å². The zero-order valence-electron chi connectivity index (χ0n) is 18.0. The topological polar surface area (TPSA) is 67.4 Å². The van der Waals surface area contributed by atoms with Crippen LogP contribution in [0.4, 0.5) is 0 Å². The van der Waals surface area contributed by atoms with Crippen molar-refractivity contribution in [2.45, 2.75) is 52.5 Å². The van der Waals surface area contributed by atoms with E-state index in [0.29, 0.717) is 30.3 Å². The molecule has 4 atom stereocenters. The van der Waals surface area contributed by atoms with Gasteiger partial charge in [0.25, 0.3) is 0 Å². The molecule has 2 aliphatic rings. The number of benzene rings is 1. The maximum atomic E-state index is 12.5. The number of carbonyl (C=O) groups is 2. The number of fused-ring (bicyclic) bond motifs is 2. The van der Waals surface area contributed by atoms with Crippen LogP contribution in [-0.4, -0.2) is 31.5 Å². The molecule has 2 bridgehead atoms. The van der Waals surface area contributed by atoms with E-state index >= 15 is 0 Å². The zero-order chi connectivity index (χ0) is 21.0. The van der Waals surface area contributed by atoms with Crippen molar-refractivity contribution in [2.75, 3.05) is 13.7 Å². The summed E-state index contributed by atoms with van der Waals surface area (Å²) in [5.41, 5.74) is 0.667. The van der Waals surface area contributed by atoms with Crippen LogP contribution < -0.4 is 15.4 Å². The van der Waals surface area contributed by atoms with E-state index in [1.54, 1.807) is 13.2 Å². The van der Waals surface area contributed by atoms with E-state index in [1.165, 1.54) is 6.42 Å². The van der Waals surface area contributed by atoms with Gasteiger partial charge >= 0.3 is 0 Å². The highest BCUT2D eigenvalue weighted by atomic mass is 16.5. The minimum absolute atomic E-state index is 0.0573. The van der Waals surface area contributed by atoms with Gasteiger partial charge in [-0.15, -0.1) is 0 Å². The second kappa shape index (κ2) is 9.02. The van der Waals surface area contributed by atoms with Gasteiger partial charge in [-0.3, -0.25) is 9.59 Å². The molecule has 29 heavy (non-hydrogen) atoms. The number of rotatable bonds is 8. The summed E-state index contributed by atoms with van der Waals surface area (Å²) in [6.07, 6.45) is 7.54. The summed E-state index contributed by atoms with van der Waals surface area (Å²) in [4.78, 5) is 24.6. The van der Waals surface area contributed by atoms with E-state index in [-0.39, 0.29) is 17.2 Å². The van der Waals surface area contributed by atoms with E-state index in [4.69, 9.17) is 4.74 Å². The fraction of sp³-hybridized carbons (Fsp3) is 0.583. The normalized spacial score (nSPS) is 25.9. The van der Waals surface area contributed by atoms with E-state index in [1.807, 2.05) is 44.2 Å². The Bertz CT molecular complexity index is 754. The van der Waals surface area contributed by atoms with Gasteiger partial charge in [0.1, 0.15) is 5.75 Å². The van der Waals surface area contributed by atoms with Crippen molar-refractivity contribution >= 4 is 17.9 Å². The van der Waals surface area contributed by atoms with Gasteiger partial charge in [0.05, 0.1) is 7.11 Å². The first-order valence-corrected chi connectivity index (χ1v) is 10.7. The average molecular weight is 399 g/mol. The van der Waals surface area contributed by atoms with E-state index in [0.717, 1.165) is 30.6 Å². The Hall–Kier alpha value is -2.30. The SMILES string of the molecule is CCC(C)(C)C(=O)NC1CC2CC1CC2CNC(=O)/C=C/c1ccc(OC)cc1. The molecular weight excluding hydrogens is 364 g/mol. The standard InChI is InChI=1S/C24H34N2O3/c1-5-24(2,3)23(28)26-21-14-17-12-18(21)13-19(17)15-25-22(27)11-8-16-6-9-20(29-4)10-7-16/h6-11,17-19,21H,5,12-15H2,1-4H3,(H,25,27)(H,26,28)/b11-8+. The molecule has 158 valence electrons. The molecule has 5 heteroatoms. The molecule has 2 aliphatic carbocycles. The van der Waals surface area contributed by atoms with Crippen LogP contribution in [0, 0.1) is 23.2 Å². The number of ether oxygens (including phenoxy) is 1. The van der Waals surface area contributed by atoms with Crippen molar-refractivity contribution in [1.82, 2.24) is 10.6 Å². The van der Waals surface area contributed by atoms with Crippen molar-refractivity contribution in [1.29, 1.82) is 0 Å². The van der Waals surface area contributed by atoms with Gasteiger partial charge in [0.15, 0.2) is 0 Å². The maximum Gasteiger partial charge on any atom is 0.244 e. The third-order valence-electron chi connectivity index (χ3n) is 6.90. The molecule has 5 nitrogen and oxygen atoms in total. The van der Waals surface area contributed by atoms with Crippen molar-refractivity contribution in [3.8, 4) is 5.75 Å². The highest BCUT2D eigenvalue weighted by molar-refractivity contribution is 5.91. The molecule has 2 amide bonds. The van der Waals surface area contributed by atoms with Crippen molar-refractivity contribution in [2.24, 2.45) is 23.2 Å². The molecule has 4 unspecified atom stereocenters. The van der Waals surface area contributed by atoms with Gasteiger partial charge < -0.3 is 15.4 Å². The zero-order valence-corrected chi connectivity index (χ0v) is 18.0. The predicted molar refractivity (Wildman–Crippen MR) is 115 cm³/mol. The summed E-state index contributed by atoms with van der Waals surface area (Å²) in [7, 11) is 1.64. The number of hydrogen-bond donors (Lipinski definition) is 2. The Morgan fingerprint density at radius 1 is 1.14 bits per heavy atom. The Morgan fingerprint density at radius 2 is 1.86 bits per heavy atom. The lowest BCUT2D eigenvalue weighted by molar-refractivity contribution is -0.130. The molecule has 0 aromatic heterocycles. The Balaban J connectivity index is 1.42. The Morgan fingerprint density at radius 3 is 2.45 bits per heavy atom. The molecule has 0 spiro atoms. The first kappa shape index (κ1) is 21.4. The third kappa shape index (κ3) is 5.20. The van der Waals surface area contributed by atoms with Crippen LogP contribution in [0.15, 0.2) is 30.3 Å². The fourth-order valence-corrected chi connectivity index (χ4v) is 4.52. The molecule has 0 radical (unpaired) electrons. The quantitative estimate of drug-likeness (QED) is 0.655. The summed E-state index contributed by atoms with van der Waals surface area (Å²) >= 11 is 0. The van der Waals surface area contributed by atoms with Crippen LogP contribution in [0.3, 0.4) is 0 Å². The molecule has 0 saturated heterocycles. The molecule has 3 rings (SSSR count). The molecule has 0 heterocycles. The second-order valence-electron chi connectivity index (χ2n) is 9.16. The van der Waals surface area contributed by atoms with Crippen LogP contribution in [-0.2, 0) is 9.59 Å². The lowest BCUT2D eigenvalue weighted by Crippen LogP contribution is -2.46. The van der Waals surface area contributed by atoms with Crippen LogP contribution in [0.25, 0.3) is 6.08 Å². The smallest absolute Gasteiger partial charge is 0.244 e. The summed E-state index contributed by atoms with van der Waals surface area (Å²) in [6, 6.07) is 7.91. The molecule has 1 aromatic rings. The van der Waals surface area contributed by atoms with Crippen molar-refractivity contribution < 1.29 is 14.3 Å². The van der Waals surface area contributed by atoms with E-state index in [9.17, 15) is 9.59 Å². The molecule has 2 fully saturated rings. The lowest BCUT2D eigenvalue weighted by atomic mass is 9.84. The van der Waals surface area contributed by atoms with Gasteiger partial charge in [-0.25, -0.2) is 0 Å². The summed E-state index contributed by atoms with van der Waals surface area (Å²) in [5, 5.41) is 6.34. The molecule has 0 aliphatic heterocycles. The summed E-state index contributed by atoms with van der Waals surface area (Å²) in [5.74, 6) is 2.58. The van der Waals surface area contributed by atoms with Gasteiger partial charge in [-0.05, 0) is 67.2 Å². The van der Waals surface area contributed by atoms with Crippen LogP contribution in [0.1, 0.15) is 52.0 Å². The van der Waals surface area contributed by atoms with Crippen LogP contribution in [0.5, 0.6) is 5.75 Å². The molecule has 1 aromatic carbocycles. The van der Waals surface area contributed by atoms with E-state index < -0.39 is 0 Å². The summed E-state index contributed by atoms with van der Waals surface area (Å²) < 4.78 is 5.14. The Kier molecular flexibility index (Phi) is 6.66. The summed E-state index contributed by atoms with van der Waals surface area (Å²) in [6.45, 7) is 6.79. The van der Waals surface area contributed by atoms with E-state index in [2.05, 4.69) is 17.6 Å². The number of hydrogen-bond acceptors (Lipinski definition) is 3. The highest BCUT2D eigenvalue weighted by Crippen LogP contribution is 2.48. The van der Waals surface area contributed by atoms with Crippen molar-refractivity contribution in [3.63, 3.8) is 0 Å². The third-order valence-corrected chi connectivity index (χ3v) is 6.90. The van der Waals surface area contributed by atoms with Crippen LogP contribution in [0.2, 0.25) is 0 Å². The Labute approximate surface area is 174 Å². The first-order chi connectivity index (χ1) is 13.8. The molecular formula is C24H34N2O3. The number of methoxy groups -OCH3 is 1. The first-order valence-electron chi connectivity index (χ1n) is 10.7. The van der Waals surface area contributed by atoms with Gasteiger partial charge in [-0.1, -0.05) is 32.9 Å². The second-order valence-corrected chi connectivity index (χ2v) is 9.16. The molecule has 2 N–H and O–H groups in total. The minimum Gasteiger partial charge on any atom is -0.497 e. The monoisotopic (exact) mass is 398 g/mol. The number of amides is 2. The average Bonchev–Trinajstić information content (AvgIpc) is 3.31. The van der Waals surface area contributed by atoms with Gasteiger partial charge in [0, 0.05) is 24.1 Å². The maximum absolute atomic E-state index is 12.5. The molecule has 2 saturated carbocycles. The van der Waals surface area contributed by atoms with Gasteiger partial charge in [0.2, 0.25) is 11.8 Å². The number of nitrogens with one attached hydrogen (secondary N) is 2. The highest BCUT2D eigenvalue weighted by Gasteiger charge is 2.46. The predicted octanol–water partition coefficient (Wildman–Crippen LogP) is 3.79. The minimum atomic E-state index is -0.300. The largest absolute Gasteiger partial charge is 0.497 e. The van der Waals surface area contributed by atoms with Crippen LogP contribution >= 0.6 is 0 Å².